The fourth-order valence-electron chi connectivity index (χ4n) is 2.16. The van der Waals surface area contributed by atoms with Gasteiger partial charge in [-0.2, -0.15) is 0 Å². The molecule has 0 aliphatic heterocycles. The molecule has 0 spiro atoms. The molecular weight excluding hydrogens is 429 g/mol. The van der Waals surface area contributed by atoms with Crippen LogP contribution in [0.1, 0.15) is 5.56 Å². The molecule has 148 valence electrons. The molecule has 2 aromatic carbocycles. The predicted octanol–water partition coefficient (Wildman–Crippen LogP) is 4.86. The first kappa shape index (κ1) is 21.9. The van der Waals surface area contributed by atoms with Gasteiger partial charge in [0, 0.05) is 11.1 Å². The van der Waals surface area contributed by atoms with Gasteiger partial charge in [-0.25, -0.2) is 4.79 Å². The Morgan fingerprint density at radius 3 is 2.46 bits per heavy atom. The molecule has 0 radical (unpaired) electrons. The Morgan fingerprint density at radius 1 is 1.04 bits per heavy atom. The van der Waals surface area contributed by atoms with Crippen LogP contribution in [0.3, 0.4) is 0 Å². The molecular formula is C19H16Cl3NO5. The van der Waals surface area contributed by atoms with E-state index in [1.807, 2.05) is 0 Å². The molecule has 28 heavy (non-hydrogen) atoms. The highest BCUT2D eigenvalue weighted by atomic mass is 35.5. The number of ether oxygens (including phenoxy) is 3. The van der Waals surface area contributed by atoms with E-state index in [-0.39, 0.29) is 0 Å². The van der Waals surface area contributed by atoms with E-state index in [1.54, 1.807) is 24.3 Å². The van der Waals surface area contributed by atoms with Crippen molar-refractivity contribution in [2.45, 2.75) is 0 Å². The van der Waals surface area contributed by atoms with Crippen LogP contribution in [-0.4, -0.2) is 32.7 Å². The molecule has 1 amide bonds. The smallest absolute Gasteiger partial charge is 0.331 e. The Morgan fingerprint density at radius 2 is 1.79 bits per heavy atom. The number of halogens is 3. The highest BCUT2D eigenvalue weighted by Gasteiger charge is 2.11. The molecule has 0 saturated carbocycles. The number of anilines is 1. The molecule has 0 heterocycles. The van der Waals surface area contributed by atoms with Crippen LogP contribution >= 0.6 is 34.8 Å². The van der Waals surface area contributed by atoms with Crippen molar-refractivity contribution < 1.29 is 23.8 Å². The first-order valence-corrected chi connectivity index (χ1v) is 8.98. The number of rotatable bonds is 7. The first-order chi connectivity index (χ1) is 13.3. The molecule has 0 unspecified atom stereocenters. The minimum atomic E-state index is -0.710. The van der Waals surface area contributed by atoms with Gasteiger partial charge in [0.1, 0.15) is 0 Å². The maximum Gasteiger partial charge on any atom is 0.331 e. The topological polar surface area (TPSA) is 73.9 Å². The number of hydrogen-bond acceptors (Lipinski definition) is 5. The fourth-order valence-corrected chi connectivity index (χ4v) is 2.80. The number of esters is 1. The molecule has 6 nitrogen and oxygen atoms in total. The molecule has 0 aliphatic rings. The van der Waals surface area contributed by atoms with Crippen LogP contribution in [0.5, 0.6) is 11.5 Å². The lowest BCUT2D eigenvalue weighted by Crippen LogP contribution is -2.20. The summed E-state index contributed by atoms with van der Waals surface area (Å²) < 4.78 is 15.2. The molecule has 0 saturated heterocycles. The Labute approximate surface area is 176 Å². The zero-order chi connectivity index (χ0) is 20.7. The Balaban J connectivity index is 1.94. The monoisotopic (exact) mass is 443 g/mol. The summed E-state index contributed by atoms with van der Waals surface area (Å²) >= 11 is 17.9. The average Bonchev–Trinajstić information content (AvgIpc) is 2.67. The third kappa shape index (κ3) is 6.05. The number of amides is 1. The number of nitrogens with one attached hydrogen (secondary N) is 1. The van der Waals surface area contributed by atoms with Crippen LogP contribution < -0.4 is 14.8 Å². The van der Waals surface area contributed by atoms with E-state index in [9.17, 15) is 9.59 Å². The zero-order valence-corrected chi connectivity index (χ0v) is 17.2. The van der Waals surface area contributed by atoms with Crippen molar-refractivity contribution in [1.82, 2.24) is 0 Å². The van der Waals surface area contributed by atoms with E-state index in [2.05, 4.69) is 5.32 Å². The Kier molecular flexibility index (Phi) is 7.99. The quantitative estimate of drug-likeness (QED) is 0.488. The summed E-state index contributed by atoms with van der Waals surface area (Å²) in [5.41, 5.74) is 0.917. The first-order valence-electron chi connectivity index (χ1n) is 7.85. The van der Waals surface area contributed by atoms with Crippen LogP contribution in [0.25, 0.3) is 6.08 Å². The lowest BCUT2D eigenvalue weighted by molar-refractivity contribution is -0.142. The maximum atomic E-state index is 11.9. The largest absolute Gasteiger partial charge is 0.493 e. The lowest BCUT2D eigenvalue weighted by atomic mass is 10.2. The van der Waals surface area contributed by atoms with Gasteiger partial charge in [0.15, 0.2) is 18.1 Å². The second-order valence-electron chi connectivity index (χ2n) is 5.35. The van der Waals surface area contributed by atoms with Gasteiger partial charge in [0.25, 0.3) is 5.91 Å². The summed E-state index contributed by atoms with van der Waals surface area (Å²) in [5.74, 6) is -0.459. The van der Waals surface area contributed by atoms with Crippen molar-refractivity contribution in [2.75, 3.05) is 26.1 Å². The van der Waals surface area contributed by atoms with Crippen LogP contribution in [0.4, 0.5) is 5.69 Å². The van der Waals surface area contributed by atoms with E-state index in [0.29, 0.717) is 37.8 Å². The standard InChI is InChI=1S/C19H16Cl3NO5/c1-26-16-8-11(7-14(22)19(16)27-2)3-6-18(25)28-10-17(24)23-15-9-12(20)4-5-13(15)21/h3-9H,10H2,1-2H3,(H,23,24)/b6-3+. The molecule has 0 fully saturated rings. The predicted molar refractivity (Wildman–Crippen MR) is 110 cm³/mol. The van der Waals surface area contributed by atoms with Crippen molar-refractivity contribution in [1.29, 1.82) is 0 Å². The van der Waals surface area contributed by atoms with Crippen molar-refractivity contribution >= 4 is 58.4 Å². The Bertz CT molecular complexity index is 915. The van der Waals surface area contributed by atoms with Crippen LogP contribution in [-0.2, 0) is 14.3 Å². The van der Waals surface area contributed by atoms with Crippen molar-refractivity contribution in [3.8, 4) is 11.5 Å². The van der Waals surface area contributed by atoms with Gasteiger partial charge in [-0.1, -0.05) is 34.8 Å². The summed E-state index contributed by atoms with van der Waals surface area (Å²) in [4.78, 5) is 23.7. The highest BCUT2D eigenvalue weighted by Crippen LogP contribution is 2.36. The van der Waals surface area contributed by atoms with E-state index < -0.39 is 18.5 Å². The van der Waals surface area contributed by atoms with E-state index in [4.69, 9.17) is 49.0 Å². The summed E-state index contributed by atoms with van der Waals surface area (Å²) in [6.07, 6.45) is 2.64. The molecule has 0 bridgehead atoms. The van der Waals surface area contributed by atoms with Gasteiger partial charge in [0.2, 0.25) is 0 Å². The number of carbonyl (C=O) groups is 2. The molecule has 1 N–H and O–H groups in total. The van der Waals surface area contributed by atoms with Gasteiger partial charge in [-0.3, -0.25) is 4.79 Å². The van der Waals surface area contributed by atoms with E-state index in [1.165, 1.54) is 26.4 Å². The van der Waals surface area contributed by atoms with Gasteiger partial charge in [-0.15, -0.1) is 0 Å². The second-order valence-corrected chi connectivity index (χ2v) is 6.60. The summed E-state index contributed by atoms with van der Waals surface area (Å²) in [7, 11) is 2.94. The van der Waals surface area contributed by atoms with Gasteiger partial charge in [-0.05, 0) is 42.0 Å². The third-order valence-electron chi connectivity index (χ3n) is 3.42. The van der Waals surface area contributed by atoms with Gasteiger partial charge >= 0.3 is 5.97 Å². The van der Waals surface area contributed by atoms with Crippen LogP contribution in [0, 0.1) is 0 Å². The lowest BCUT2D eigenvalue weighted by Gasteiger charge is -2.10. The molecule has 0 aliphatic carbocycles. The minimum absolute atomic E-state index is 0.314. The summed E-state index contributed by atoms with van der Waals surface area (Å²) in [6.45, 7) is -0.487. The van der Waals surface area contributed by atoms with Crippen molar-refractivity contribution in [3.05, 3.63) is 57.0 Å². The van der Waals surface area contributed by atoms with Crippen LogP contribution in [0.15, 0.2) is 36.4 Å². The van der Waals surface area contributed by atoms with Gasteiger partial charge in [0.05, 0.1) is 30.0 Å². The normalized spacial score (nSPS) is 10.6. The minimum Gasteiger partial charge on any atom is -0.493 e. The zero-order valence-electron chi connectivity index (χ0n) is 14.9. The van der Waals surface area contributed by atoms with E-state index >= 15 is 0 Å². The number of carbonyl (C=O) groups excluding carboxylic acids is 2. The SMILES string of the molecule is COc1cc(/C=C/C(=O)OCC(=O)Nc2cc(Cl)ccc2Cl)cc(Cl)c1OC. The fraction of sp³-hybridized carbons (Fsp3) is 0.158. The van der Waals surface area contributed by atoms with Crippen molar-refractivity contribution in [3.63, 3.8) is 0 Å². The average molecular weight is 445 g/mol. The molecule has 0 aromatic heterocycles. The molecule has 0 atom stereocenters. The summed E-state index contributed by atoms with van der Waals surface area (Å²) in [5, 5.41) is 3.56. The van der Waals surface area contributed by atoms with Gasteiger partial charge < -0.3 is 19.5 Å². The number of methoxy groups -OCH3 is 2. The molecule has 2 rings (SSSR count). The number of hydrogen-bond donors (Lipinski definition) is 1. The van der Waals surface area contributed by atoms with Crippen LogP contribution in [0.2, 0.25) is 15.1 Å². The van der Waals surface area contributed by atoms with E-state index in [0.717, 1.165) is 6.08 Å². The number of benzene rings is 2. The summed E-state index contributed by atoms with van der Waals surface area (Å²) in [6, 6.07) is 7.86. The second kappa shape index (κ2) is 10.2. The third-order valence-corrected chi connectivity index (χ3v) is 4.26. The molecule has 2 aromatic rings. The highest BCUT2D eigenvalue weighted by molar-refractivity contribution is 6.35. The molecule has 9 heteroatoms. The van der Waals surface area contributed by atoms with Crippen molar-refractivity contribution in [2.24, 2.45) is 0 Å². The maximum absolute atomic E-state index is 11.9. The Hall–Kier alpha value is -2.41.